The molecule has 0 aromatic heterocycles. The predicted molar refractivity (Wildman–Crippen MR) is 55.8 cm³/mol. The van der Waals surface area contributed by atoms with Crippen molar-refractivity contribution in [2.45, 2.75) is 20.8 Å². The molecule has 0 atom stereocenters. The first-order valence-corrected chi connectivity index (χ1v) is 4.30. The third kappa shape index (κ3) is 1.72. The minimum absolute atomic E-state index is 0.364. The van der Waals surface area contributed by atoms with E-state index in [1.54, 1.807) is 13.1 Å². The van der Waals surface area contributed by atoms with E-state index in [4.69, 9.17) is 0 Å². The molecular weight excluding hydrogens is 162 g/mol. The highest BCUT2D eigenvalue weighted by Gasteiger charge is 2.06. The van der Waals surface area contributed by atoms with E-state index in [2.05, 4.69) is 4.99 Å². The van der Waals surface area contributed by atoms with E-state index in [0.29, 0.717) is 5.75 Å². The van der Waals surface area contributed by atoms with Crippen LogP contribution in [0, 0.1) is 20.8 Å². The Hall–Kier alpha value is -1.31. The van der Waals surface area contributed by atoms with Crippen molar-refractivity contribution in [2.24, 2.45) is 4.99 Å². The first-order chi connectivity index (χ1) is 6.07. The average Bonchev–Trinajstić information content (AvgIpc) is 2.09. The Balaban J connectivity index is 3.43. The molecule has 70 valence electrons. The molecular formula is C11H15NO. The van der Waals surface area contributed by atoms with Gasteiger partial charge in [0.05, 0.1) is 0 Å². The van der Waals surface area contributed by atoms with E-state index >= 15 is 0 Å². The van der Waals surface area contributed by atoms with Crippen molar-refractivity contribution in [3.8, 4) is 5.75 Å². The summed E-state index contributed by atoms with van der Waals surface area (Å²) in [5.74, 6) is 0.364. The lowest BCUT2D eigenvalue weighted by Crippen LogP contribution is -1.95. The smallest absolute Gasteiger partial charge is 0.119 e. The maximum Gasteiger partial charge on any atom is 0.119 e. The number of aromatic hydroxyl groups is 1. The van der Waals surface area contributed by atoms with Crippen LogP contribution in [0.15, 0.2) is 11.1 Å². The zero-order valence-electron chi connectivity index (χ0n) is 8.55. The van der Waals surface area contributed by atoms with Crippen LogP contribution in [0.3, 0.4) is 0 Å². The maximum atomic E-state index is 9.53. The molecule has 0 radical (unpaired) electrons. The van der Waals surface area contributed by atoms with Gasteiger partial charge in [-0.3, -0.25) is 4.99 Å². The summed E-state index contributed by atoms with van der Waals surface area (Å²) in [5.41, 5.74) is 4.20. The second kappa shape index (κ2) is 3.60. The number of hydrogen-bond donors (Lipinski definition) is 1. The molecule has 0 amide bonds. The third-order valence-corrected chi connectivity index (χ3v) is 2.39. The number of phenolic OH excluding ortho intramolecular Hbond substituents is 1. The minimum atomic E-state index is 0.364. The Morgan fingerprint density at radius 2 is 1.85 bits per heavy atom. The number of hydrogen-bond acceptors (Lipinski definition) is 2. The van der Waals surface area contributed by atoms with Gasteiger partial charge < -0.3 is 5.11 Å². The summed E-state index contributed by atoms with van der Waals surface area (Å²) >= 11 is 0. The lowest BCUT2D eigenvalue weighted by atomic mass is 9.98. The molecule has 0 fully saturated rings. The molecule has 1 N–H and O–H groups in total. The van der Waals surface area contributed by atoms with Gasteiger partial charge in [0.1, 0.15) is 5.75 Å². The van der Waals surface area contributed by atoms with Gasteiger partial charge in [-0.25, -0.2) is 0 Å². The van der Waals surface area contributed by atoms with Crippen molar-refractivity contribution in [1.82, 2.24) is 0 Å². The largest absolute Gasteiger partial charge is 0.508 e. The highest BCUT2D eigenvalue weighted by Crippen LogP contribution is 2.25. The van der Waals surface area contributed by atoms with E-state index in [1.165, 1.54) is 0 Å². The summed E-state index contributed by atoms with van der Waals surface area (Å²) in [5, 5.41) is 9.53. The van der Waals surface area contributed by atoms with Gasteiger partial charge in [-0.05, 0) is 49.1 Å². The number of benzene rings is 1. The molecule has 0 aliphatic carbocycles. The molecule has 0 unspecified atom stereocenters. The van der Waals surface area contributed by atoms with E-state index in [1.807, 2.05) is 27.0 Å². The summed E-state index contributed by atoms with van der Waals surface area (Å²) < 4.78 is 0. The van der Waals surface area contributed by atoms with E-state index in [-0.39, 0.29) is 0 Å². The van der Waals surface area contributed by atoms with Gasteiger partial charge in [0.25, 0.3) is 0 Å². The molecule has 0 spiro atoms. The highest BCUT2D eigenvalue weighted by atomic mass is 16.3. The van der Waals surface area contributed by atoms with Crippen LogP contribution in [0.5, 0.6) is 5.75 Å². The molecule has 0 aliphatic heterocycles. The van der Waals surface area contributed by atoms with Crippen molar-refractivity contribution in [3.63, 3.8) is 0 Å². The van der Waals surface area contributed by atoms with Crippen LogP contribution < -0.4 is 0 Å². The Morgan fingerprint density at radius 1 is 1.23 bits per heavy atom. The van der Waals surface area contributed by atoms with Crippen molar-refractivity contribution in [3.05, 3.63) is 28.3 Å². The van der Waals surface area contributed by atoms with Crippen molar-refractivity contribution in [1.29, 1.82) is 0 Å². The SMILES string of the molecule is C/N=C\c1c(C)cc(O)c(C)c1C. The monoisotopic (exact) mass is 177 g/mol. The van der Waals surface area contributed by atoms with Crippen molar-refractivity contribution in [2.75, 3.05) is 7.05 Å². The molecule has 1 rings (SSSR count). The van der Waals surface area contributed by atoms with Gasteiger partial charge in [-0.2, -0.15) is 0 Å². The van der Waals surface area contributed by atoms with Crippen LogP contribution in [0.1, 0.15) is 22.3 Å². The van der Waals surface area contributed by atoms with Crippen LogP contribution >= 0.6 is 0 Å². The predicted octanol–water partition coefficient (Wildman–Crippen LogP) is 2.37. The molecule has 0 saturated heterocycles. The Labute approximate surface area is 78.9 Å². The fourth-order valence-corrected chi connectivity index (χ4v) is 1.41. The number of rotatable bonds is 1. The maximum absolute atomic E-state index is 9.53. The summed E-state index contributed by atoms with van der Waals surface area (Å²) in [6.07, 6.45) is 1.83. The fraction of sp³-hybridized carbons (Fsp3) is 0.364. The topological polar surface area (TPSA) is 32.6 Å². The molecule has 0 saturated carbocycles. The zero-order valence-corrected chi connectivity index (χ0v) is 8.55. The Bertz CT molecular complexity index is 354. The molecule has 0 aliphatic rings. The van der Waals surface area contributed by atoms with Gasteiger partial charge in [0.2, 0.25) is 0 Å². The number of aryl methyl sites for hydroxylation is 1. The standard InChI is InChI=1S/C11H15NO/c1-7-5-11(13)9(3)8(2)10(7)6-12-4/h5-6,13H,1-4H3/b12-6-. The molecule has 2 nitrogen and oxygen atoms in total. The lowest BCUT2D eigenvalue weighted by Gasteiger charge is -2.09. The minimum Gasteiger partial charge on any atom is -0.508 e. The van der Waals surface area contributed by atoms with Gasteiger partial charge in [-0.1, -0.05) is 0 Å². The van der Waals surface area contributed by atoms with Crippen LogP contribution in [0.25, 0.3) is 0 Å². The van der Waals surface area contributed by atoms with Crippen LogP contribution in [-0.2, 0) is 0 Å². The molecule has 0 bridgehead atoms. The fourth-order valence-electron chi connectivity index (χ4n) is 1.41. The van der Waals surface area contributed by atoms with Crippen LogP contribution in [0.4, 0.5) is 0 Å². The molecule has 13 heavy (non-hydrogen) atoms. The molecule has 1 aromatic rings. The number of aliphatic imine (C=N–C) groups is 1. The summed E-state index contributed by atoms with van der Waals surface area (Å²) in [7, 11) is 1.75. The first kappa shape index (κ1) is 9.78. The zero-order chi connectivity index (χ0) is 10.0. The number of phenols is 1. The first-order valence-electron chi connectivity index (χ1n) is 4.30. The van der Waals surface area contributed by atoms with E-state index < -0.39 is 0 Å². The number of nitrogens with zero attached hydrogens (tertiary/aromatic N) is 1. The van der Waals surface area contributed by atoms with Gasteiger partial charge >= 0.3 is 0 Å². The summed E-state index contributed by atoms with van der Waals surface area (Å²) in [6, 6.07) is 1.78. The Kier molecular flexibility index (Phi) is 2.71. The van der Waals surface area contributed by atoms with Gasteiger partial charge in [0.15, 0.2) is 0 Å². The Morgan fingerprint density at radius 3 is 2.38 bits per heavy atom. The quantitative estimate of drug-likeness (QED) is 0.656. The second-order valence-corrected chi connectivity index (χ2v) is 3.26. The molecule has 2 heteroatoms. The average molecular weight is 177 g/mol. The summed E-state index contributed by atoms with van der Waals surface area (Å²) in [6.45, 7) is 5.89. The van der Waals surface area contributed by atoms with E-state index in [9.17, 15) is 5.11 Å². The van der Waals surface area contributed by atoms with Crippen molar-refractivity contribution >= 4 is 6.21 Å². The lowest BCUT2D eigenvalue weighted by molar-refractivity contribution is 0.470. The van der Waals surface area contributed by atoms with Crippen LogP contribution in [0.2, 0.25) is 0 Å². The van der Waals surface area contributed by atoms with Gasteiger partial charge in [-0.15, -0.1) is 0 Å². The van der Waals surface area contributed by atoms with Gasteiger partial charge in [0, 0.05) is 13.3 Å². The molecule has 0 heterocycles. The van der Waals surface area contributed by atoms with Crippen molar-refractivity contribution < 1.29 is 5.11 Å². The normalized spacial score (nSPS) is 11.1. The second-order valence-electron chi connectivity index (χ2n) is 3.26. The third-order valence-electron chi connectivity index (χ3n) is 2.39. The summed E-state index contributed by atoms with van der Waals surface area (Å²) in [4.78, 5) is 3.99. The van der Waals surface area contributed by atoms with E-state index in [0.717, 1.165) is 22.3 Å². The molecule has 1 aromatic carbocycles. The highest BCUT2D eigenvalue weighted by molar-refractivity contribution is 5.84. The van der Waals surface area contributed by atoms with Crippen LogP contribution in [-0.4, -0.2) is 18.4 Å².